The van der Waals surface area contributed by atoms with E-state index in [2.05, 4.69) is 15.4 Å². The number of Topliss-reactive ketones (excluding diaryl/α,β-unsaturated/α-hetero) is 1. The average molecular weight is 488 g/mol. The lowest BCUT2D eigenvalue weighted by atomic mass is 9.94. The van der Waals surface area contributed by atoms with E-state index in [0.717, 1.165) is 25.7 Å². The molecule has 34 heavy (non-hydrogen) atoms. The van der Waals surface area contributed by atoms with Crippen LogP contribution in [-0.4, -0.2) is 82.9 Å². The summed E-state index contributed by atoms with van der Waals surface area (Å²) in [5, 5.41) is 26.0. The number of nitrogens with one attached hydrogen (secondary N) is 2. The first-order valence-electron chi connectivity index (χ1n) is 12.2. The first-order chi connectivity index (χ1) is 16.0. The van der Waals surface area contributed by atoms with Crippen LogP contribution in [-0.2, 0) is 19.1 Å². The number of aliphatic hydroxyl groups is 2. The maximum atomic E-state index is 13.3. The molecule has 2 saturated carbocycles. The van der Waals surface area contributed by atoms with Crippen molar-refractivity contribution < 1.29 is 38.1 Å². The zero-order chi connectivity index (χ0) is 24.7. The molecular formula is C23H35F2N3O6. The Balaban J connectivity index is 1.44. The zero-order valence-corrected chi connectivity index (χ0v) is 19.5. The predicted octanol–water partition coefficient (Wildman–Crippen LogP) is 0.530. The summed E-state index contributed by atoms with van der Waals surface area (Å²) in [7, 11) is 0. The fourth-order valence-electron chi connectivity index (χ4n) is 5.15. The van der Waals surface area contributed by atoms with Crippen LogP contribution in [0.2, 0.25) is 0 Å². The van der Waals surface area contributed by atoms with Gasteiger partial charge in [0.15, 0.2) is 5.78 Å². The molecule has 11 heteroatoms. The maximum absolute atomic E-state index is 13.3. The average Bonchev–Trinajstić information content (AvgIpc) is 3.65. The van der Waals surface area contributed by atoms with E-state index in [0.29, 0.717) is 45.2 Å². The number of carbonyl (C=O) groups is 3. The first-order valence-corrected chi connectivity index (χ1v) is 12.2. The van der Waals surface area contributed by atoms with E-state index in [9.17, 15) is 33.4 Å². The molecule has 4 aliphatic rings. The van der Waals surface area contributed by atoms with Gasteiger partial charge in [0, 0.05) is 19.4 Å². The molecule has 0 bridgehead atoms. The molecule has 0 aromatic rings. The molecule has 2 saturated heterocycles. The van der Waals surface area contributed by atoms with E-state index >= 15 is 0 Å². The van der Waals surface area contributed by atoms with Gasteiger partial charge in [-0.15, -0.1) is 0 Å². The number of ketones is 1. The smallest absolute Gasteiger partial charge is 0.353 e. The highest BCUT2D eigenvalue weighted by Gasteiger charge is 2.56. The number of likely N-dealkylation sites (tertiary alicyclic amines) is 1. The molecule has 5 atom stereocenters. The van der Waals surface area contributed by atoms with Gasteiger partial charge in [-0.05, 0) is 56.4 Å². The van der Waals surface area contributed by atoms with Crippen molar-refractivity contribution in [3.05, 3.63) is 0 Å². The number of amides is 2. The van der Waals surface area contributed by atoms with Crippen molar-refractivity contribution in [1.29, 1.82) is 0 Å². The molecule has 0 aromatic heterocycles. The molecule has 4 N–H and O–H groups in total. The van der Waals surface area contributed by atoms with Gasteiger partial charge in [0.05, 0.1) is 6.04 Å². The van der Waals surface area contributed by atoms with E-state index in [-0.39, 0.29) is 17.8 Å². The molecule has 4 fully saturated rings. The van der Waals surface area contributed by atoms with Gasteiger partial charge >= 0.3 is 6.11 Å². The van der Waals surface area contributed by atoms with Crippen molar-refractivity contribution in [3.63, 3.8) is 0 Å². The third-order valence-electron chi connectivity index (χ3n) is 7.62. The van der Waals surface area contributed by atoms with Gasteiger partial charge < -0.3 is 25.2 Å². The highest BCUT2D eigenvalue weighted by Crippen LogP contribution is 2.55. The van der Waals surface area contributed by atoms with Gasteiger partial charge in [-0.3, -0.25) is 19.7 Å². The van der Waals surface area contributed by atoms with Crippen molar-refractivity contribution in [1.82, 2.24) is 15.5 Å². The van der Waals surface area contributed by atoms with E-state index in [1.165, 1.54) is 4.90 Å². The molecule has 2 heterocycles. The first kappa shape index (κ1) is 25.4. The Labute approximate surface area is 197 Å². The van der Waals surface area contributed by atoms with Crippen LogP contribution >= 0.6 is 0 Å². The van der Waals surface area contributed by atoms with Crippen molar-refractivity contribution >= 4 is 17.6 Å². The van der Waals surface area contributed by atoms with Crippen molar-refractivity contribution in [2.45, 2.75) is 88.8 Å². The predicted molar refractivity (Wildman–Crippen MR) is 115 cm³/mol. The summed E-state index contributed by atoms with van der Waals surface area (Å²) in [5.41, 5.74) is -0.130. The number of halogens is 2. The van der Waals surface area contributed by atoms with Crippen LogP contribution in [0.25, 0.3) is 0 Å². The van der Waals surface area contributed by atoms with Gasteiger partial charge in [0.25, 0.3) is 5.91 Å². The number of carbonyl (C=O) groups excluding carboxylic acids is 3. The summed E-state index contributed by atoms with van der Waals surface area (Å²) >= 11 is 0. The van der Waals surface area contributed by atoms with Crippen LogP contribution in [0, 0.1) is 17.3 Å². The Morgan fingerprint density at radius 3 is 2.50 bits per heavy atom. The topological polar surface area (TPSA) is 128 Å². The lowest BCUT2D eigenvalue weighted by molar-refractivity contribution is -0.223. The number of rotatable bonds is 11. The van der Waals surface area contributed by atoms with E-state index in [4.69, 9.17) is 0 Å². The minimum Gasteiger partial charge on any atom is -0.383 e. The Kier molecular flexibility index (Phi) is 7.29. The molecule has 2 amide bonds. The van der Waals surface area contributed by atoms with Crippen molar-refractivity contribution in [2.75, 3.05) is 19.7 Å². The third-order valence-corrected chi connectivity index (χ3v) is 7.62. The lowest BCUT2D eigenvalue weighted by Crippen LogP contribution is -2.53. The number of ether oxygens (including phenoxy) is 1. The van der Waals surface area contributed by atoms with Gasteiger partial charge in [-0.1, -0.05) is 12.8 Å². The van der Waals surface area contributed by atoms with Crippen LogP contribution < -0.4 is 10.6 Å². The van der Waals surface area contributed by atoms with Crippen LogP contribution in [0.3, 0.4) is 0 Å². The monoisotopic (exact) mass is 487 g/mol. The van der Waals surface area contributed by atoms with Gasteiger partial charge in [-0.25, -0.2) is 0 Å². The number of alkyl halides is 2. The highest BCUT2D eigenvalue weighted by molar-refractivity contribution is 5.94. The van der Waals surface area contributed by atoms with Crippen LogP contribution in [0.15, 0.2) is 0 Å². The third kappa shape index (κ3) is 6.30. The summed E-state index contributed by atoms with van der Waals surface area (Å²) in [4.78, 5) is 40.4. The number of aliphatic hydroxyl groups excluding tert-OH is 2. The van der Waals surface area contributed by atoms with Crippen molar-refractivity contribution in [2.24, 2.45) is 17.3 Å². The second kappa shape index (κ2) is 9.75. The molecule has 0 aromatic carbocycles. The Morgan fingerprint density at radius 1 is 1.24 bits per heavy atom. The Morgan fingerprint density at radius 2 is 1.94 bits per heavy atom. The number of hydrogen-bond donors (Lipinski definition) is 4. The summed E-state index contributed by atoms with van der Waals surface area (Å²) in [6.45, 7) is 0.571. The van der Waals surface area contributed by atoms with E-state index in [1.807, 2.05) is 0 Å². The van der Waals surface area contributed by atoms with Gasteiger partial charge in [-0.2, -0.15) is 8.78 Å². The minimum atomic E-state index is -3.50. The zero-order valence-electron chi connectivity index (χ0n) is 19.5. The summed E-state index contributed by atoms with van der Waals surface area (Å²) in [6.07, 6.45) is -0.307. The molecule has 0 radical (unpaired) electrons. The molecule has 1 spiro atoms. The Hall–Kier alpha value is -1.69. The fourth-order valence-corrected chi connectivity index (χ4v) is 5.15. The molecular weight excluding hydrogens is 452 g/mol. The molecule has 2 aliphatic heterocycles. The largest absolute Gasteiger partial charge is 0.383 e. The maximum Gasteiger partial charge on any atom is 0.353 e. The standard InChI is InChI=1S/C23H35F2N3O6/c1-22(24,25)34-11-18(30)15(9-14-4-7-26-19(14)31)27-20(32)16-10-23(5-6-23)12-28(16)21(33)17(29)8-13-2-3-13/h13-17,19,26,29,31H,2-12H2,1H3,(H,27,32)/t14-,15-,16-,17+,19?/m0/s1. The lowest BCUT2D eigenvalue weighted by Gasteiger charge is -2.29. The Bertz CT molecular complexity index is 798. The minimum absolute atomic E-state index is 0.0630. The number of hydrogen-bond acceptors (Lipinski definition) is 7. The second-order valence-electron chi connectivity index (χ2n) is 10.7. The molecule has 4 rings (SSSR count). The van der Waals surface area contributed by atoms with Gasteiger partial charge in [0.1, 0.15) is 25.0 Å². The molecule has 192 valence electrons. The highest BCUT2D eigenvalue weighted by atomic mass is 19.3. The summed E-state index contributed by atoms with van der Waals surface area (Å²) in [6, 6.07) is -1.97. The summed E-state index contributed by atoms with van der Waals surface area (Å²) < 4.78 is 30.6. The molecule has 2 aliphatic carbocycles. The van der Waals surface area contributed by atoms with Crippen molar-refractivity contribution in [3.8, 4) is 0 Å². The van der Waals surface area contributed by atoms with E-state index < -0.39 is 54.7 Å². The van der Waals surface area contributed by atoms with E-state index in [1.54, 1.807) is 0 Å². The number of nitrogens with zero attached hydrogens (tertiary/aromatic N) is 1. The molecule has 9 nitrogen and oxygen atoms in total. The van der Waals surface area contributed by atoms with Crippen LogP contribution in [0.1, 0.15) is 58.3 Å². The van der Waals surface area contributed by atoms with Gasteiger partial charge in [0.2, 0.25) is 5.91 Å². The quantitative estimate of drug-likeness (QED) is 0.335. The van der Waals surface area contributed by atoms with Crippen LogP contribution in [0.4, 0.5) is 8.78 Å². The fraction of sp³-hybridized carbons (Fsp3) is 0.870. The SMILES string of the molecule is CC(F)(F)OCC(=O)[C@H](C[C@@H]1CCNC1O)NC(=O)[C@@H]1CC2(CC2)CN1C(=O)[C@H](O)CC1CC1. The molecule has 1 unspecified atom stereocenters. The summed E-state index contributed by atoms with van der Waals surface area (Å²) in [5.74, 6) is -1.73. The normalized spacial score (nSPS) is 29.8. The van der Waals surface area contributed by atoms with Crippen LogP contribution in [0.5, 0.6) is 0 Å². The second-order valence-corrected chi connectivity index (χ2v) is 10.7.